The number of hydrogen-bond donors (Lipinski definition) is 1. The highest BCUT2D eigenvalue weighted by Crippen LogP contribution is 2.24. The number of halogens is 1. The number of nitrogens with zero attached hydrogens (tertiary/aromatic N) is 2. The summed E-state index contributed by atoms with van der Waals surface area (Å²) in [6.45, 7) is 4.76. The van der Waals surface area contributed by atoms with Crippen molar-refractivity contribution >= 4 is 32.5 Å². The van der Waals surface area contributed by atoms with Gasteiger partial charge in [-0.1, -0.05) is 19.9 Å². The molecule has 138 valence electrons. The Hall–Kier alpha value is -0.710. The van der Waals surface area contributed by atoms with E-state index >= 15 is 0 Å². The van der Waals surface area contributed by atoms with Gasteiger partial charge in [0.05, 0.1) is 9.79 Å². The van der Waals surface area contributed by atoms with Crippen LogP contribution in [-0.4, -0.2) is 57.7 Å². The zero-order valence-corrected chi connectivity index (χ0v) is 16.2. The molecule has 1 aliphatic heterocycles. The van der Waals surface area contributed by atoms with E-state index in [9.17, 15) is 16.8 Å². The van der Waals surface area contributed by atoms with Crippen LogP contribution in [0, 0.1) is 0 Å². The van der Waals surface area contributed by atoms with Crippen molar-refractivity contribution in [2.75, 3.05) is 26.2 Å². The van der Waals surface area contributed by atoms with Crippen LogP contribution in [0.2, 0.25) is 0 Å². The van der Waals surface area contributed by atoms with Crippen molar-refractivity contribution in [2.24, 2.45) is 5.73 Å². The van der Waals surface area contributed by atoms with Crippen molar-refractivity contribution in [2.45, 2.75) is 36.1 Å². The number of rotatable bonds is 6. The van der Waals surface area contributed by atoms with Crippen molar-refractivity contribution in [3.05, 3.63) is 24.3 Å². The second-order valence-electron chi connectivity index (χ2n) is 5.48. The molecule has 2 rings (SSSR count). The Morgan fingerprint density at radius 3 is 2.25 bits per heavy atom. The fourth-order valence-corrected chi connectivity index (χ4v) is 5.77. The first kappa shape index (κ1) is 21.3. The van der Waals surface area contributed by atoms with Crippen LogP contribution in [0.25, 0.3) is 0 Å². The highest BCUT2D eigenvalue weighted by Gasteiger charge is 2.32. The molecule has 1 atom stereocenters. The lowest BCUT2D eigenvalue weighted by Crippen LogP contribution is -2.33. The Bertz CT molecular complexity index is 764. The average molecular weight is 398 g/mol. The molecular weight excluding hydrogens is 374 g/mol. The standard InChI is InChI=1S/C14H23N3O4S2.ClH/c1-3-16(4-2)22(18,19)13-6-5-7-14(10-13)23(20,21)17-9-8-12(15)11-17;/h5-7,10,12H,3-4,8-9,11,15H2,1-2H3;1H/t12-;/m1./s1. The summed E-state index contributed by atoms with van der Waals surface area (Å²) in [6, 6.07) is 5.35. The largest absolute Gasteiger partial charge is 0.326 e. The zero-order chi connectivity index (χ0) is 17.3. The van der Waals surface area contributed by atoms with Gasteiger partial charge in [-0.25, -0.2) is 16.8 Å². The lowest BCUT2D eigenvalue weighted by atomic mass is 10.3. The summed E-state index contributed by atoms with van der Waals surface area (Å²) in [4.78, 5) is -0.0226. The van der Waals surface area contributed by atoms with Gasteiger partial charge in [-0.3, -0.25) is 0 Å². The zero-order valence-electron chi connectivity index (χ0n) is 13.8. The first-order valence-corrected chi connectivity index (χ1v) is 10.5. The topological polar surface area (TPSA) is 101 Å². The summed E-state index contributed by atoms with van der Waals surface area (Å²) < 4.78 is 53.0. The molecule has 1 aromatic rings. The number of nitrogens with two attached hydrogens (primary N) is 1. The Balaban J connectivity index is 0.00000288. The molecule has 1 heterocycles. The van der Waals surface area contributed by atoms with Crippen LogP contribution in [0.5, 0.6) is 0 Å². The molecule has 1 fully saturated rings. The third kappa shape index (κ3) is 4.09. The molecule has 0 radical (unpaired) electrons. The first-order valence-electron chi connectivity index (χ1n) is 7.59. The molecular formula is C14H24ClN3O4S2. The van der Waals surface area contributed by atoms with Crippen LogP contribution in [0.1, 0.15) is 20.3 Å². The summed E-state index contributed by atoms with van der Waals surface area (Å²) in [5.41, 5.74) is 5.77. The molecule has 1 aromatic carbocycles. The molecule has 0 amide bonds. The minimum absolute atomic E-state index is 0. The average Bonchev–Trinajstić information content (AvgIpc) is 2.96. The van der Waals surface area contributed by atoms with Crippen LogP contribution >= 0.6 is 12.4 Å². The van der Waals surface area contributed by atoms with E-state index in [1.54, 1.807) is 13.8 Å². The SMILES string of the molecule is CCN(CC)S(=O)(=O)c1cccc(S(=O)(=O)N2CC[C@@H](N)C2)c1.Cl. The van der Waals surface area contributed by atoms with Crippen molar-refractivity contribution in [1.29, 1.82) is 0 Å². The van der Waals surface area contributed by atoms with Gasteiger partial charge < -0.3 is 5.73 Å². The molecule has 0 saturated carbocycles. The van der Waals surface area contributed by atoms with E-state index in [0.29, 0.717) is 26.1 Å². The van der Waals surface area contributed by atoms with Gasteiger partial charge in [0.2, 0.25) is 20.0 Å². The van der Waals surface area contributed by atoms with Crippen LogP contribution in [0.15, 0.2) is 34.1 Å². The minimum Gasteiger partial charge on any atom is -0.326 e. The third-order valence-corrected chi connectivity index (χ3v) is 7.88. The Morgan fingerprint density at radius 1 is 1.17 bits per heavy atom. The lowest BCUT2D eigenvalue weighted by molar-refractivity contribution is 0.445. The Labute approximate surface area is 150 Å². The molecule has 10 heteroatoms. The van der Waals surface area contributed by atoms with E-state index in [1.165, 1.54) is 32.9 Å². The molecule has 0 aliphatic carbocycles. The van der Waals surface area contributed by atoms with Crippen molar-refractivity contribution in [1.82, 2.24) is 8.61 Å². The van der Waals surface area contributed by atoms with E-state index in [1.807, 2.05) is 0 Å². The van der Waals surface area contributed by atoms with Gasteiger partial charge in [0.15, 0.2) is 0 Å². The van der Waals surface area contributed by atoms with Gasteiger partial charge in [0.1, 0.15) is 0 Å². The molecule has 24 heavy (non-hydrogen) atoms. The first-order chi connectivity index (χ1) is 10.7. The molecule has 0 spiro atoms. The van der Waals surface area contributed by atoms with Crippen molar-refractivity contribution in [3.8, 4) is 0 Å². The fraction of sp³-hybridized carbons (Fsp3) is 0.571. The molecule has 2 N–H and O–H groups in total. The smallest absolute Gasteiger partial charge is 0.243 e. The maximum atomic E-state index is 12.6. The van der Waals surface area contributed by atoms with Gasteiger partial charge in [0.25, 0.3) is 0 Å². The lowest BCUT2D eigenvalue weighted by Gasteiger charge is -2.20. The van der Waals surface area contributed by atoms with Gasteiger partial charge in [-0.05, 0) is 24.6 Å². The van der Waals surface area contributed by atoms with Gasteiger partial charge in [-0.2, -0.15) is 8.61 Å². The highest BCUT2D eigenvalue weighted by atomic mass is 35.5. The summed E-state index contributed by atoms with van der Waals surface area (Å²) in [5, 5.41) is 0. The van der Waals surface area contributed by atoms with Crippen LogP contribution in [-0.2, 0) is 20.0 Å². The van der Waals surface area contributed by atoms with E-state index in [-0.39, 0.29) is 34.8 Å². The minimum atomic E-state index is -3.72. The molecule has 0 aromatic heterocycles. The summed E-state index contributed by atoms with van der Waals surface area (Å²) >= 11 is 0. The fourth-order valence-electron chi connectivity index (χ4n) is 2.63. The molecule has 0 unspecified atom stereocenters. The monoisotopic (exact) mass is 397 g/mol. The third-order valence-electron chi connectivity index (χ3n) is 3.97. The van der Waals surface area contributed by atoms with Gasteiger partial charge in [0, 0.05) is 32.2 Å². The van der Waals surface area contributed by atoms with Crippen molar-refractivity contribution in [3.63, 3.8) is 0 Å². The maximum absolute atomic E-state index is 12.6. The number of benzene rings is 1. The molecule has 0 bridgehead atoms. The number of sulfonamides is 2. The second-order valence-corrected chi connectivity index (χ2v) is 9.35. The quantitative estimate of drug-likeness (QED) is 0.767. The molecule has 7 nitrogen and oxygen atoms in total. The predicted molar refractivity (Wildman–Crippen MR) is 95.1 cm³/mol. The van der Waals surface area contributed by atoms with Crippen molar-refractivity contribution < 1.29 is 16.8 Å². The molecule has 1 saturated heterocycles. The van der Waals surface area contributed by atoms with E-state index < -0.39 is 20.0 Å². The number of hydrogen-bond acceptors (Lipinski definition) is 5. The normalized spacial score (nSPS) is 19.4. The van der Waals surface area contributed by atoms with Crippen LogP contribution in [0.4, 0.5) is 0 Å². The van der Waals surface area contributed by atoms with E-state index in [2.05, 4.69) is 0 Å². The summed E-state index contributed by atoms with van der Waals surface area (Å²) in [6.07, 6.45) is 0.608. The Morgan fingerprint density at radius 2 is 1.75 bits per heavy atom. The van der Waals surface area contributed by atoms with E-state index in [4.69, 9.17) is 5.73 Å². The maximum Gasteiger partial charge on any atom is 0.243 e. The predicted octanol–water partition coefficient (Wildman–Crippen LogP) is 0.861. The van der Waals surface area contributed by atoms with Crippen LogP contribution < -0.4 is 5.73 Å². The summed E-state index contributed by atoms with van der Waals surface area (Å²) in [7, 11) is -7.42. The van der Waals surface area contributed by atoms with E-state index in [0.717, 1.165) is 0 Å². The van der Waals surface area contributed by atoms with Gasteiger partial charge >= 0.3 is 0 Å². The van der Waals surface area contributed by atoms with Crippen LogP contribution in [0.3, 0.4) is 0 Å². The van der Waals surface area contributed by atoms with Gasteiger partial charge in [-0.15, -0.1) is 12.4 Å². The Kier molecular flexibility index (Phi) is 7.21. The molecule has 1 aliphatic rings. The highest BCUT2D eigenvalue weighted by molar-refractivity contribution is 7.90. The summed E-state index contributed by atoms with van der Waals surface area (Å²) in [5.74, 6) is 0. The second kappa shape index (κ2) is 8.11.